The lowest BCUT2D eigenvalue weighted by Gasteiger charge is -1.90. The first-order chi connectivity index (χ1) is 5.86. The van der Waals surface area contributed by atoms with Crippen molar-refractivity contribution < 1.29 is 0 Å². The average molecular weight is 242 g/mol. The van der Waals surface area contributed by atoms with E-state index in [-0.39, 0.29) is 0 Å². The largest absolute Gasteiger partial charge is 0.237 e. The first kappa shape index (κ1) is 7.82. The van der Waals surface area contributed by atoms with Crippen LogP contribution in [0.25, 0.3) is 10.7 Å². The summed E-state index contributed by atoms with van der Waals surface area (Å²) in [5, 5.41) is 0. The topological polar surface area (TPSA) is 38.7 Å². The summed E-state index contributed by atoms with van der Waals surface area (Å²) in [6, 6.07) is 1.79. The van der Waals surface area contributed by atoms with Crippen molar-refractivity contribution in [2.24, 2.45) is 0 Å². The van der Waals surface area contributed by atoms with Gasteiger partial charge in [-0.3, -0.25) is 0 Å². The lowest BCUT2D eigenvalue weighted by Crippen LogP contribution is -1.82. The minimum absolute atomic E-state index is 0.723. The number of hydrogen-bond donors (Lipinski definition) is 0. The van der Waals surface area contributed by atoms with Gasteiger partial charge in [-0.1, -0.05) is 0 Å². The second-order valence-electron chi connectivity index (χ2n) is 2.05. The summed E-state index contributed by atoms with van der Waals surface area (Å²) in [5.41, 5.74) is 0. The smallest absolute Gasteiger partial charge is 0.171 e. The van der Waals surface area contributed by atoms with Crippen LogP contribution in [0, 0.1) is 0 Å². The van der Waals surface area contributed by atoms with Gasteiger partial charge in [-0.15, -0.1) is 11.3 Å². The van der Waals surface area contributed by atoms with Crippen LogP contribution in [0.3, 0.4) is 0 Å². The third kappa shape index (κ3) is 1.51. The van der Waals surface area contributed by atoms with Crippen LogP contribution in [-0.4, -0.2) is 15.0 Å². The molecule has 60 valence electrons. The maximum Gasteiger partial charge on any atom is 0.171 e. The first-order valence-electron chi connectivity index (χ1n) is 3.25. The SMILES string of the molecule is Brc1ncc(-c2ncccn2)s1. The van der Waals surface area contributed by atoms with E-state index in [4.69, 9.17) is 0 Å². The highest BCUT2D eigenvalue weighted by Crippen LogP contribution is 2.25. The third-order valence-corrected chi connectivity index (χ3v) is 2.74. The van der Waals surface area contributed by atoms with Crippen LogP contribution >= 0.6 is 27.3 Å². The summed E-state index contributed by atoms with van der Waals surface area (Å²) in [4.78, 5) is 13.2. The first-order valence-corrected chi connectivity index (χ1v) is 4.86. The number of rotatable bonds is 1. The van der Waals surface area contributed by atoms with Crippen molar-refractivity contribution in [2.75, 3.05) is 0 Å². The number of hydrogen-bond acceptors (Lipinski definition) is 4. The van der Waals surface area contributed by atoms with Gasteiger partial charge in [-0.25, -0.2) is 15.0 Å². The monoisotopic (exact) mass is 241 g/mol. The Labute approximate surface area is 81.7 Å². The van der Waals surface area contributed by atoms with E-state index in [1.807, 2.05) is 0 Å². The number of thiazole rings is 1. The van der Waals surface area contributed by atoms with E-state index in [0.717, 1.165) is 14.6 Å². The van der Waals surface area contributed by atoms with Crippen molar-refractivity contribution in [3.8, 4) is 10.7 Å². The fourth-order valence-corrected chi connectivity index (χ4v) is 2.00. The Balaban J connectivity index is 2.45. The van der Waals surface area contributed by atoms with E-state index in [1.54, 1.807) is 24.7 Å². The molecule has 0 radical (unpaired) electrons. The van der Waals surface area contributed by atoms with E-state index in [1.165, 1.54) is 11.3 Å². The fourth-order valence-electron chi connectivity index (χ4n) is 0.783. The molecule has 5 heteroatoms. The predicted molar refractivity (Wildman–Crippen MR) is 50.8 cm³/mol. The van der Waals surface area contributed by atoms with Gasteiger partial charge >= 0.3 is 0 Å². The molecule has 0 aliphatic rings. The van der Waals surface area contributed by atoms with Gasteiger partial charge in [0.15, 0.2) is 9.74 Å². The highest BCUT2D eigenvalue weighted by Gasteiger charge is 2.03. The fraction of sp³-hybridized carbons (Fsp3) is 0. The van der Waals surface area contributed by atoms with Crippen molar-refractivity contribution in [1.82, 2.24) is 15.0 Å². The van der Waals surface area contributed by atoms with E-state index >= 15 is 0 Å². The van der Waals surface area contributed by atoms with Crippen molar-refractivity contribution in [1.29, 1.82) is 0 Å². The number of aromatic nitrogens is 3. The van der Waals surface area contributed by atoms with E-state index < -0.39 is 0 Å². The minimum atomic E-state index is 0.723. The van der Waals surface area contributed by atoms with Crippen LogP contribution in [0.2, 0.25) is 0 Å². The molecule has 2 aromatic rings. The van der Waals surface area contributed by atoms with Gasteiger partial charge in [0, 0.05) is 12.4 Å². The third-order valence-electron chi connectivity index (χ3n) is 1.26. The highest BCUT2D eigenvalue weighted by atomic mass is 79.9. The molecule has 0 N–H and O–H groups in total. The van der Waals surface area contributed by atoms with E-state index in [0.29, 0.717) is 0 Å². The molecule has 0 aromatic carbocycles. The normalized spacial score (nSPS) is 10.1. The van der Waals surface area contributed by atoms with Gasteiger partial charge in [0.25, 0.3) is 0 Å². The lowest BCUT2D eigenvalue weighted by molar-refractivity contribution is 1.18. The molecule has 0 saturated carbocycles. The van der Waals surface area contributed by atoms with Crippen LogP contribution in [0.4, 0.5) is 0 Å². The summed E-state index contributed by atoms with van der Waals surface area (Å²) >= 11 is 4.80. The van der Waals surface area contributed by atoms with E-state index in [2.05, 4.69) is 30.9 Å². The zero-order valence-corrected chi connectivity index (χ0v) is 8.34. The van der Waals surface area contributed by atoms with Crippen molar-refractivity contribution in [3.63, 3.8) is 0 Å². The van der Waals surface area contributed by atoms with E-state index in [9.17, 15) is 0 Å². The molecule has 0 bridgehead atoms. The Morgan fingerprint density at radius 2 is 1.92 bits per heavy atom. The zero-order valence-electron chi connectivity index (χ0n) is 5.94. The second-order valence-corrected chi connectivity index (χ2v) is 4.36. The Morgan fingerprint density at radius 1 is 1.17 bits per heavy atom. The molecule has 0 unspecified atom stereocenters. The van der Waals surface area contributed by atoms with Crippen LogP contribution < -0.4 is 0 Å². The molecule has 2 rings (SSSR count). The van der Waals surface area contributed by atoms with Gasteiger partial charge in [-0.05, 0) is 22.0 Å². The molecule has 0 fully saturated rings. The molecule has 2 aromatic heterocycles. The van der Waals surface area contributed by atoms with Gasteiger partial charge in [0.05, 0.1) is 11.1 Å². The summed E-state index contributed by atoms with van der Waals surface area (Å²) in [6.07, 6.45) is 5.19. The Hall–Kier alpha value is -0.810. The quantitative estimate of drug-likeness (QED) is 0.770. The maximum absolute atomic E-state index is 4.10. The molecule has 3 nitrogen and oxygen atoms in total. The molecule has 0 spiro atoms. The van der Waals surface area contributed by atoms with Crippen molar-refractivity contribution in [2.45, 2.75) is 0 Å². The van der Waals surface area contributed by atoms with Crippen molar-refractivity contribution in [3.05, 3.63) is 28.6 Å². The molecular weight excluding hydrogens is 238 g/mol. The molecule has 2 heterocycles. The standard InChI is InChI=1S/C7H4BrN3S/c8-7-11-4-5(12-7)6-9-2-1-3-10-6/h1-4H. The van der Waals surface area contributed by atoms with Gasteiger partial charge in [0.2, 0.25) is 0 Å². The molecule has 0 aliphatic carbocycles. The predicted octanol–water partition coefficient (Wildman–Crippen LogP) is 2.36. The lowest BCUT2D eigenvalue weighted by atomic mass is 10.5. The molecule has 12 heavy (non-hydrogen) atoms. The molecule has 0 amide bonds. The highest BCUT2D eigenvalue weighted by molar-refractivity contribution is 9.11. The molecule has 0 atom stereocenters. The average Bonchev–Trinajstić information content (AvgIpc) is 2.54. The Kier molecular flexibility index (Phi) is 2.14. The summed E-state index contributed by atoms with van der Waals surface area (Å²) in [5.74, 6) is 0.723. The molecular formula is C7H4BrN3S. The summed E-state index contributed by atoms with van der Waals surface area (Å²) < 4.78 is 0.852. The number of nitrogens with zero attached hydrogens (tertiary/aromatic N) is 3. The summed E-state index contributed by atoms with van der Waals surface area (Å²) in [7, 11) is 0. The van der Waals surface area contributed by atoms with Crippen molar-refractivity contribution >= 4 is 27.3 Å². The van der Waals surface area contributed by atoms with Gasteiger partial charge < -0.3 is 0 Å². The van der Waals surface area contributed by atoms with Crippen LogP contribution in [0.1, 0.15) is 0 Å². The molecule has 0 aliphatic heterocycles. The maximum atomic E-state index is 4.10. The zero-order chi connectivity index (χ0) is 8.39. The van der Waals surface area contributed by atoms with Crippen LogP contribution in [0.15, 0.2) is 28.6 Å². The molecule has 0 saturated heterocycles. The van der Waals surface area contributed by atoms with Crippen LogP contribution in [-0.2, 0) is 0 Å². The van der Waals surface area contributed by atoms with Crippen LogP contribution in [0.5, 0.6) is 0 Å². The summed E-state index contributed by atoms with van der Waals surface area (Å²) in [6.45, 7) is 0. The van der Waals surface area contributed by atoms with Gasteiger partial charge in [0.1, 0.15) is 0 Å². The second kappa shape index (κ2) is 3.28. The Morgan fingerprint density at radius 3 is 2.50 bits per heavy atom. The minimum Gasteiger partial charge on any atom is -0.237 e. The Bertz CT molecular complexity index is 373. The van der Waals surface area contributed by atoms with Gasteiger partial charge in [-0.2, -0.15) is 0 Å². The number of halogens is 1.